The molecule has 0 aliphatic rings. The summed E-state index contributed by atoms with van der Waals surface area (Å²) in [6.07, 6.45) is 0. The minimum Gasteiger partial charge on any atom is -0.480 e. The lowest BCUT2D eigenvalue weighted by atomic mass is 9.86. The normalized spacial score (nSPS) is 11.6. The van der Waals surface area contributed by atoms with Crippen LogP contribution in [0.15, 0.2) is 42.5 Å². The first-order valence-corrected chi connectivity index (χ1v) is 7.90. The molecular weight excluding hydrogens is 302 g/mol. The maximum Gasteiger partial charge on any atom is 0.322 e. The number of nitrogens with one attached hydrogen (secondary N) is 2. The summed E-state index contributed by atoms with van der Waals surface area (Å²) < 4.78 is 0. The largest absolute Gasteiger partial charge is 0.480 e. The number of rotatable bonds is 4. The molecule has 0 spiro atoms. The monoisotopic (exact) mass is 323 g/mol. The van der Waals surface area contributed by atoms with Gasteiger partial charge in [0.15, 0.2) is 5.82 Å². The molecule has 3 aromatic rings. The van der Waals surface area contributed by atoms with Gasteiger partial charge in [-0.1, -0.05) is 57.2 Å². The van der Waals surface area contributed by atoms with Gasteiger partial charge in [0.2, 0.25) is 0 Å². The maximum atomic E-state index is 10.8. The average Bonchev–Trinajstić information content (AvgIpc) is 2.95. The Hall–Kier alpha value is -2.82. The van der Waals surface area contributed by atoms with E-state index in [4.69, 9.17) is 5.11 Å². The third-order valence-corrected chi connectivity index (χ3v) is 4.06. The molecule has 0 atom stereocenters. The Labute approximate surface area is 140 Å². The summed E-state index contributed by atoms with van der Waals surface area (Å²) in [5.74, 6) is -0.360. The number of aromatic nitrogens is 2. The van der Waals surface area contributed by atoms with E-state index in [-0.39, 0.29) is 12.0 Å². The number of nitrogens with zero attached hydrogens (tertiary/aromatic N) is 1. The number of fused-ring (bicyclic) bond motifs is 1. The smallest absolute Gasteiger partial charge is 0.322 e. The van der Waals surface area contributed by atoms with Crippen molar-refractivity contribution in [3.8, 4) is 11.1 Å². The van der Waals surface area contributed by atoms with Gasteiger partial charge in [-0.3, -0.25) is 9.89 Å². The van der Waals surface area contributed by atoms with Gasteiger partial charge in [0.05, 0.1) is 10.9 Å². The molecule has 1 aromatic heterocycles. The van der Waals surface area contributed by atoms with Gasteiger partial charge in [-0.15, -0.1) is 0 Å². The fourth-order valence-electron chi connectivity index (χ4n) is 2.75. The van der Waals surface area contributed by atoms with E-state index >= 15 is 0 Å². The van der Waals surface area contributed by atoms with E-state index in [0.717, 1.165) is 22.0 Å². The predicted molar refractivity (Wildman–Crippen MR) is 96.4 cm³/mol. The van der Waals surface area contributed by atoms with Crippen molar-refractivity contribution >= 4 is 22.7 Å². The van der Waals surface area contributed by atoms with Gasteiger partial charge in [-0.2, -0.15) is 5.10 Å². The number of aromatic amines is 1. The Morgan fingerprint density at radius 1 is 1.17 bits per heavy atom. The van der Waals surface area contributed by atoms with Gasteiger partial charge in [0.25, 0.3) is 0 Å². The molecule has 124 valence electrons. The highest BCUT2D eigenvalue weighted by atomic mass is 16.4. The van der Waals surface area contributed by atoms with Crippen molar-refractivity contribution in [3.05, 3.63) is 48.0 Å². The van der Waals surface area contributed by atoms with Crippen molar-refractivity contribution in [2.45, 2.75) is 26.2 Å². The molecule has 5 nitrogen and oxygen atoms in total. The van der Waals surface area contributed by atoms with Crippen LogP contribution in [0.3, 0.4) is 0 Å². The summed E-state index contributed by atoms with van der Waals surface area (Å²) in [7, 11) is 0. The van der Waals surface area contributed by atoms with Crippen LogP contribution in [-0.4, -0.2) is 27.8 Å². The van der Waals surface area contributed by atoms with Crippen molar-refractivity contribution in [2.75, 3.05) is 11.9 Å². The predicted octanol–water partition coefficient (Wildman–Crippen LogP) is 4.02. The lowest BCUT2D eigenvalue weighted by molar-refractivity contribution is -0.134. The summed E-state index contributed by atoms with van der Waals surface area (Å²) in [5.41, 5.74) is 4.35. The number of carbonyl (C=O) groups is 1. The molecule has 0 saturated heterocycles. The number of carboxylic acids is 1. The van der Waals surface area contributed by atoms with Crippen LogP contribution in [0.2, 0.25) is 0 Å². The molecule has 1 heterocycles. The van der Waals surface area contributed by atoms with Crippen molar-refractivity contribution in [3.63, 3.8) is 0 Å². The Bertz CT molecular complexity index is 874. The summed E-state index contributed by atoms with van der Waals surface area (Å²) in [6, 6.07) is 14.4. The number of anilines is 1. The highest BCUT2D eigenvalue weighted by Crippen LogP contribution is 2.33. The molecule has 0 saturated carbocycles. The third-order valence-electron chi connectivity index (χ3n) is 4.06. The van der Waals surface area contributed by atoms with Crippen LogP contribution in [0.1, 0.15) is 26.3 Å². The number of H-pyrrole nitrogens is 1. The van der Waals surface area contributed by atoms with E-state index in [1.165, 1.54) is 5.56 Å². The number of hydrogen-bond acceptors (Lipinski definition) is 3. The second-order valence-electron chi connectivity index (χ2n) is 6.87. The van der Waals surface area contributed by atoms with Crippen LogP contribution >= 0.6 is 0 Å². The van der Waals surface area contributed by atoms with E-state index in [1.807, 2.05) is 18.2 Å². The molecule has 0 radical (unpaired) electrons. The zero-order chi connectivity index (χ0) is 17.3. The molecule has 24 heavy (non-hydrogen) atoms. The minimum absolute atomic E-state index is 0.106. The Kier molecular flexibility index (Phi) is 4.01. The highest BCUT2D eigenvalue weighted by Gasteiger charge is 2.15. The van der Waals surface area contributed by atoms with E-state index in [9.17, 15) is 4.79 Å². The van der Waals surface area contributed by atoms with Gasteiger partial charge in [-0.25, -0.2) is 0 Å². The SMILES string of the molecule is CC(C)(C)c1ccc(-c2cccc3[nH]nc(NCC(=O)O)c23)cc1. The third kappa shape index (κ3) is 3.11. The summed E-state index contributed by atoms with van der Waals surface area (Å²) in [6.45, 7) is 6.39. The molecule has 0 unspecified atom stereocenters. The maximum absolute atomic E-state index is 10.8. The quantitative estimate of drug-likeness (QED) is 0.677. The van der Waals surface area contributed by atoms with Gasteiger partial charge < -0.3 is 10.4 Å². The van der Waals surface area contributed by atoms with Gasteiger partial charge in [-0.05, 0) is 28.2 Å². The molecular formula is C19H21N3O2. The van der Waals surface area contributed by atoms with Crippen LogP contribution in [0.25, 0.3) is 22.0 Å². The zero-order valence-electron chi connectivity index (χ0n) is 14.1. The first kappa shape index (κ1) is 16.1. The first-order valence-electron chi connectivity index (χ1n) is 7.90. The lowest BCUT2D eigenvalue weighted by Crippen LogP contribution is -2.12. The van der Waals surface area contributed by atoms with Crippen LogP contribution in [0, 0.1) is 0 Å². The summed E-state index contributed by atoms with van der Waals surface area (Å²) in [4.78, 5) is 10.8. The molecule has 2 aromatic carbocycles. The summed E-state index contributed by atoms with van der Waals surface area (Å²) >= 11 is 0. The van der Waals surface area contributed by atoms with Crippen LogP contribution in [0.5, 0.6) is 0 Å². The van der Waals surface area contributed by atoms with Crippen molar-refractivity contribution < 1.29 is 9.90 Å². The number of hydrogen-bond donors (Lipinski definition) is 3. The Balaban J connectivity index is 2.05. The Morgan fingerprint density at radius 2 is 1.88 bits per heavy atom. The van der Waals surface area contributed by atoms with Crippen LogP contribution < -0.4 is 5.32 Å². The van der Waals surface area contributed by atoms with E-state index in [1.54, 1.807) is 0 Å². The molecule has 0 fully saturated rings. The van der Waals surface area contributed by atoms with Gasteiger partial charge in [0.1, 0.15) is 6.54 Å². The first-order chi connectivity index (χ1) is 11.4. The van der Waals surface area contributed by atoms with Crippen molar-refractivity contribution in [1.29, 1.82) is 0 Å². The topological polar surface area (TPSA) is 78.0 Å². The van der Waals surface area contributed by atoms with Crippen LogP contribution in [-0.2, 0) is 10.2 Å². The highest BCUT2D eigenvalue weighted by molar-refractivity contribution is 6.02. The zero-order valence-corrected chi connectivity index (χ0v) is 14.1. The van der Waals surface area contributed by atoms with Gasteiger partial charge >= 0.3 is 5.97 Å². The van der Waals surface area contributed by atoms with E-state index < -0.39 is 5.97 Å². The lowest BCUT2D eigenvalue weighted by Gasteiger charge is -2.19. The molecule has 0 aliphatic heterocycles. The second-order valence-corrected chi connectivity index (χ2v) is 6.87. The van der Waals surface area contributed by atoms with E-state index in [2.05, 4.69) is 60.6 Å². The molecule has 5 heteroatoms. The number of aliphatic carboxylic acids is 1. The molecule has 0 aliphatic carbocycles. The number of carboxylic acid groups (broad SMARTS) is 1. The molecule has 3 N–H and O–H groups in total. The molecule has 0 amide bonds. The fourth-order valence-corrected chi connectivity index (χ4v) is 2.75. The standard InChI is InChI=1S/C19H21N3O2/c1-19(2,3)13-9-7-12(8-10-13)14-5-4-6-15-17(14)18(22-21-15)20-11-16(23)24/h4-10H,11H2,1-3H3,(H,23,24)(H2,20,21,22). The molecule has 3 rings (SSSR count). The van der Waals surface area contributed by atoms with Crippen molar-refractivity contribution in [1.82, 2.24) is 10.2 Å². The second kappa shape index (κ2) is 6.00. The van der Waals surface area contributed by atoms with Gasteiger partial charge in [0, 0.05) is 0 Å². The Morgan fingerprint density at radius 3 is 2.50 bits per heavy atom. The molecule has 0 bridgehead atoms. The van der Waals surface area contributed by atoms with Crippen molar-refractivity contribution in [2.24, 2.45) is 0 Å². The minimum atomic E-state index is -0.918. The van der Waals surface area contributed by atoms with E-state index in [0.29, 0.717) is 5.82 Å². The fraction of sp³-hybridized carbons (Fsp3) is 0.263. The van der Waals surface area contributed by atoms with Crippen LogP contribution in [0.4, 0.5) is 5.82 Å². The average molecular weight is 323 g/mol. The summed E-state index contributed by atoms with van der Waals surface area (Å²) in [5, 5.41) is 19.8. The number of benzene rings is 2.